The van der Waals surface area contributed by atoms with Gasteiger partial charge in [-0.05, 0) is 44.4 Å². The fourth-order valence-electron chi connectivity index (χ4n) is 5.28. The third-order valence-corrected chi connectivity index (χ3v) is 8.53. The monoisotopic (exact) mass is 499 g/mol. The van der Waals surface area contributed by atoms with Gasteiger partial charge in [0.2, 0.25) is 0 Å². The van der Waals surface area contributed by atoms with E-state index in [0.717, 1.165) is 76.2 Å². The number of carbonyl (C=O) groups excluding carboxylic acids is 1. The molecule has 0 atom stereocenters. The van der Waals surface area contributed by atoms with Gasteiger partial charge in [0.1, 0.15) is 21.8 Å². The molecule has 3 heterocycles. The summed E-state index contributed by atoms with van der Waals surface area (Å²) in [7, 11) is 0. The van der Waals surface area contributed by atoms with E-state index < -0.39 is 0 Å². The van der Waals surface area contributed by atoms with Gasteiger partial charge < -0.3 is 9.80 Å². The Morgan fingerprint density at radius 2 is 1.82 bits per heavy atom. The number of amides is 1. The Kier molecular flexibility index (Phi) is 7.80. The van der Waals surface area contributed by atoms with Crippen LogP contribution in [0.5, 0.6) is 0 Å². The summed E-state index contributed by atoms with van der Waals surface area (Å²) in [4.78, 5) is 33.7. The Morgan fingerprint density at radius 3 is 2.41 bits per heavy atom. The lowest BCUT2D eigenvalue weighted by atomic mass is 10.0. The van der Waals surface area contributed by atoms with Gasteiger partial charge in [0.25, 0.3) is 11.5 Å². The summed E-state index contributed by atoms with van der Waals surface area (Å²) in [6.45, 7) is 11.0. The van der Waals surface area contributed by atoms with Crippen molar-refractivity contribution in [1.82, 2.24) is 14.4 Å². The van der Waals surface area contributed by atoms with Crippen molar-refractivity contribution >= 4 is 46.1 Å². The van der Waals surface area contributed by atoms with Crippen LogP contribution in [0.2, 0.25) is 0 Å². The van der Waals surface area contributed by atoms with Crippen LogP contribution in [-0.4, -0.2) is 63.4 Å². The van der Waals surface area contributed by atoms with E-state index in [1.54, 1.807) is 9.47 Å². The molecule has 3 aliphatic rings. The Bertz CT molecular complexity index is 1110. The third-order valence-electron chi connectivity index (χ3n) is 7.20. The van der Waals surface area contributed by atoms with Crippen LogP contribution in [0.25, 0.3) is 6.08 Å². The largest absolute Gasteiger partial charge is 0.355 e. The molecule has 0 radical (unpaired) electrons. The van der Waals surface area contributed by atoms with Crippen molar-refractivity contribution in [2.75, 3.05) is 37.6 Å². The quantitative estimate of drug-likeness (QED) is 0.436. The molecule has 2 saturated heterocycles. The number of nitrogens with zero attached hydrogens (tertiary/aromatic N) is 5. The fourth-order valence-corrected chi connectivity index (χ4v) is 6.66. The molecule has 2 aliphatic heterocycles. The van der Waals surface area contributed by atoms with Gasteiger partial charge in [-0.1, -0.05) is 50.7 Å². The predicted molar refractivity (Wildman–Crippen MR) is 142 cm³/mol. The summed E-state index contributed by atoms with van der Waals surface area (Å²) in [5, 5.41) is 9.82. The minimum atomic E-state index is -0.245. The number of thioether (sulfide) groups is 1. The van der Waals surface area contributed by atoms with Gasteiger partial charge in [-0.2, -0.15) is 5.26 Å². The Labute approximate surface area is 211 Å². The minimum absolute atomic E-state index is 0.0465. The molecule has 0 aromatic carbocycles. The lowest BCUT2D eigenvalue weighted by Gasteiger charge is -2.37. The highest BCUT2D eigenvalue weighted by molar-refractivity contribution is 8.26. The van der Waals surface area contributed by atoms with E-state index in [2.05, 4.69) is 22.8 Å². The first kappa shape index (κ1) is 25.0. The van der Waals surface area contributed by atoms with E-state index >= 15 is 0 Å². The molecule has 1 aromatic heterocycles. The normalized spacial score (nSPS) is 21.2. The average Bonchev–Trinajstić information content (AvgIpc) is 3.45. The molecule has 0 spiro atoms. The van der Waals surface area contributed by atoms with Crippen LogP contribution in [0, 0.1) is 18.3 Å². The highest BCUT2D eigenvalue weighted by atomic mass is 32.2. The molecule has 34 heavy (non-hydrogen) atoms. The predicted octanol–water partition coefficient (Wildman–Crippen LogP) is 3.72. The minimum Gasteiger partial charge on any atom is -0.355 e. The molecular formula is C25H33N5O2S2. The SMILES string of the molecule is CCCn1c(N2CCN(CC)CC2)c(C=C2SC(=S)N(C3CCCC3)C2=O)c(C)c(C#N)c1=O. The maximum atomic E-state index is 13.4. The van der Waals surface area contributed by atoms with Crippen molar-refractivity contribution < 1.29 is 4.79 Å². The van der Waals surface area contributed by atoms with Crippen LogP contribution >= 0.6 is 24.0 Å². The summed E-state index contributed by atoms with van der Waals surface area (Å²) >= 11 is 6.95. The number of hydrogen-bond donors (Lipinski definition) is 0. The van der Waals surface area contributed by atoms with E-state index in [1.165, 1.54) is 11.8 Å². The van der Waals surface area contributed by atoms with Crippen LogP contribution in [-0.2, 0) is 11.3 Å². The number of thiocarbonyl (C=S) groups is 1. The van der Waals surface area contributed by atoms with Crippen molar-refractivity contribution in [2.45, 2.75) is 65.5 Å². The van der Waals surface area contributed by atoms with Crippen molar-refractivity contribution in [3.8, 4) is 6.07 Å². The van der Waals surface area contributed by atoms with Gasteiger partial charge in [0.15, 0.2) is 0 Å². The lowest BCUT2D eigenvalue weighted by Crippen LogP contribution is -2.48. The van der Waals surface area contributed by atoms with Crippen LogP contribution < -0.4 is 10.5 Å². The molecule has 0 N–H and O–H groups in total. The molecule has 3 fully saturated rings. The molecular weight excluding hydrogens is 466 g/mol. The summed E-state index contributed by atoms with van der Waals surface area (Å²) in [5.41, 5.74) is 1.34. The Balaban J connectivity index is 1.83. The third kappa shape index (κ3) is 4.56. The number of anilines is 1. The number of likely N-dealkylation sites (N-methyl/N-ethyl adjacent to an activating group) is 1. The molecule has 1 aliphatic carbocycles. The van der Waals surface area contributed by atoms with Crippen molar-refractivity contribution in [3.05, 3.63) is 31.9 Å². The van der Waals surface area contributed by atoms with Crippen molar-refractivity contribution in [3.63, 3.8) is 0 Å². The molecule has 182 valence electrons. The fraction of sp³-hybridized carbons (Fsp3) is 0.600. The molecule has 4 rings (SSSR count). The number of pyridine rings is 1. The Morgan fingerprint density at radius 1 is 1.15 bits per heavy atom. The lowest BCUT2D eigenvalue weighted by molar-refractivity contribution is -0.123. The second-order valence-electron chi connectivity index (χ2n) is 9.22. The average molecular weight is 500 g/mol. The molecule has 7 nitrogen and oxygen atoms in total. The van der Waals surface area contributed by atoms with Gasteiger partial charge in [0.05, 0.1) is 4.91 Å². The second-order valence-corrected chi connectivity index (χ2v) is 10.9. The van der Waals surface area contributed by atoms with E-state index in [0.29, 0.717) is 21.3 Å². The molecule has 1 amide bonds. The van der Waals surface area contributed by atoms with Gasteiger partial charge in [-0.15, -0.1) is 0 Å². The molecule has 9 heteroatoms. The molecule has 1 aromatic rings. The van der Waals surface area contributed by atoms with Crippen LogP contribution in [0.3, 0.4) is 0 Å². The second kappa shape index (κ2) is 10.6. The standard InChI is InChI=1S/C25H33N5O2S2/c1-4-10-29-22(28-13-11-27(5-2)12-14-28)19(17(3)20(16-26)23(29)31)15-21-24(32)30(25(33)34-21)18-8-6-7-9-18/h15,18H,4-14H2,1-3H3. The molecule has 0 bridgehead atoms. The zero-order valence-electron chi connectivity index (χ0n) is 20.3. The smallest absolute Gasteiger partial charge is 0.270 e. The first-order valence-corrected chi connectivity index (χ1v) is 13.6. The summed E-state index contributed by atoms with van der Waals surface area (Å²) in [6, 6.07) is 2.32. The van der Waals surface area contributed by atoms with E-state index in [4.69, 9.17) is 12.2 Å². The summed E-state index contributed by atoms with van der Waals surface area (Å²) in [6.07, 6.45) is 6.90. The highest BCUT2D eigenvalue weighted by Crippen LogP contribution is 2.39. The van der Waals surface area contributed by atoms with Crippen molar-refractivity contribution in [1.29, 1.82) is 5.26 Å². The van der Waals surface area contributed by atoms with Gasteiger partial charge in [-0.25, -0.2) is 0 Å². The van der Waals surface area contributed by atoms with E-state index in [-0.39, 0.29) is 23.1 Å². The van der Waals surface area contributed by atoms with Crippen LogP contribution in [0.4, 0.5) is 5.82 Å². The first-order valence-electron chi connectivity index (χ1n) is 12.3. The number of rotatable bonds is 6. The maximum Gasteiger partial charge on any atom is 0.270 e. The van der Waals surface area contributed by atoms with Crippen LogP contribution in [0.15, 0.2) is 9.70 Å². The summed E-state index contributed by atoms with van der Waals surface area (Å²) < 4.78 is 2.36. The van der Waals surface area contributed by atoms with E-state index in [1.807, 2.05) is 19.9 Å². The highest BCUT2D eigenvalue weighted by Gasteiger charge is 2.38. The number of hydrogen-bond acceptors (Lipinski definition) is 7. The molecule has 0 unspecified atom stereocenters. The molecule has 1 saturated carbocycles. The number of nitriles is 1. The number of aromatic nitrogens is 1. The first-order chi connectivity index (χ1) is 16.4. The summed E-state index contributed by atoms with van der Waals surface area (Å²) in [5.74, 6) is 0.778. The Hall–Kier alpha value is -2.15. The van der Waals surface area contributed by atoms with Gasteiger partial charge in [0, 0.05) is 44.3 Å². The zero-order valence-corrected chi connectivity index (χ0v) is 21.9. The van der Waals surface area contributed by atoms with E-state index in [9.17, 15) is 14.9 Å². The zero-order chi connectivity index (χ0) is 24.4. The van der Waals surface area contributed by atoms with Gasteiger partial charge >= 0.3 is 0 Å². The number of piperazine rings is 1. The van der Waals surface area contributed by atoms with Crippen LogP contribution in [0.1, 0.15) is 62.6 Å². The van der Waals surface area contributed by atoms with Gasteiger partial charge in [-0.3, -0.25) is 19.1 Å². The maximum absolute atomic E-state index is 13.4. The number of carbonyl (C=O) groups is 1. The topological polar surface area (TPSA) is 72.6 Å². The van der Waals surface area contributed by atoms with Crippen molar-refractivity contribution in [2.24, 2.45) is 0 Å².